The predicted octanol–water partition coefficient (Wildman–Crippen LogP) is 1.72. The maximum absolute atomic E-state index is 13.5. The molecule has 1 aliphatic heterocycles. The SMILES string of the molecule is C[C@@H]1CN(C2(C(=O)NCCc3cnc[nH]3)Cc3ccccc3C2)C[C@H](C)O1. The van der Waals surface area contributed by atoms with Gasteiger partial charge in [0.2, 0.25) is 5.91 Å². The van der Waals surface area contributed by atoms with Gasteiger partial charge in [-0.2, -0.15) is 0 Å². The van der Waals surface area contributed by atoms with Crippen molar-refractivity contribution in [2.24, 2.45) is 0 Å². The Morgan fingerprint density at radius 2 is 1.93 bits per heavy atom. The van der Waals surface area contributed by atoms with E-state index in [9.17, 15) is 4.79 Å². The van der Waals surface area contributed by atoms with Crippen LogP contribution in [-0.4, -0.2) is 58.2 Å². The van der Waals surface area contributed by atoms with E-state index in [0.717, 1.165) is 38.0 Å². The summed E-state index contributed by atoms with van der Waals surface area (Å²) in [5, 5.41) is 3.20. The number of carbonyl (C=O) groups excluding carboxylic acids is 1. The lowest BCUT2D eigenvalue weighted by atomic mass is 9.90. The number of aromatic amines is 1. The standard InChI is InChI=1S/C21H28N4O2/c1-15-12-25(13-16(2)27-15)21(9-17-5-3-4-6-18(17)10-21)20(26)23-8-7-19-11-22-14-24-19/h3-6,11,14-16H,7-10,12-13H2,1-2H3,(H,22,24)(H,23,26)/t15-,16+. The Kier molecular flexibility index (Phi) is 5.02. The van der Waals surface area contributed by atoms with Crippen molar-refractivity contribution in [2.75, 3.05) is 19.6 Å². The lowest BCUT2D eigenvalue weighted by Crippen LogP contribution is -2.64. The van der Waals surface area contributed by atoms with Crippen LogP contribution in [0.1, 0.15) is 30.7 Å². The van der Waals surface area contributed by atoms with Crippen molar-refractivity contribution in [1.82, 2.24) is 20.2 Å². The van der Waals surface area contributed by atoms with Crippen LogP contribution in [0.25, 0.3) is 0 Å². The minimum atomic E-state index is -0.524. The van der Waals surface area contributed by atoms with Crippen LogP contribution in [0.5, 0.6) is 0 Å². The minimum absolute atomic E-state index is 0.125. The molecule has 2 N–H and O–H groups in total. The van der Waals surface area contributed by atoms with E-state index in [2.05, 4.69) is 58.3 Å². The third-order valence-corrected chi connectivity index (χ3v) is 5.77. The number of amides is 1. The van der Waals surface area contributed by atoms with Gasteiger partial charge < -0.3 is 15.0 Å². The molecule has 0 bridgehead atoms. The third-order valence-electron chi connectivity index (χ3n) is 5.77. The Morgan fingerprint density at radius 1 is 1.26 bits per heavy atom. The molecule has 1 aliphatic carbocycles. The zero-order chi connectivity index (χ0) is 18.9. The first-order chi connectivity index (χ1) is 13.1. The first-order valence-corrected chi connectivity index (χ1v) is 9.80. The van der Waals surface area contributed by atoms with Gasteiger partial charge >= 0.3 is 0 Å². The molecule has 0 spiro atoms. The Labute approximate surface area is 160 Å². The van der Waals surface area contributed by atoms with Crippen LogP contribution in [0.4, 0.5) is 0 Å². The van der Waals surface area contributed by atoms with Crippen LogP contribution < -0.4 is 5.32 Å². The summed E-state index contributed by atoms with van der Waals surface area (Å²) in [6, 6.07) is 8.44. The molecule has 2 aliphatic rings. The summed E-state index contributed by atoms with van der Waals surface area (Å²) in [7, 11) is 0. The van der Waals surface area contributed by atoms with E-state index in [0.29, 0.717) is 6.54 Å². The molecule has 2 atom stereocenters. The van der Waals surface area contributed by atoms with Gasteiger partial charge in [0.05, 0.1) is 18.5 Å². The lowest BCUT2D eigenvalue weighted by Gasteiger charge is -2.45. The number of nitrogens with one attached hydrogen (secondary N) is 2. The van der Waals surface area contributed by atoms with Gasteiger partial charge in [-0.05, 0) is 25.0 Å². The molecule has 1 amide bonds. The van der Waals surface area contributed by atoms with Crippen molar-refractivity contribution in [3.8, 4) is 0 Å². The monoisotopic (exact) mass is 368 g/mol. The predicted molar refractivity (Wildman–Crippen MR) is 103 cm³/mol. The van der Waals surface area contributed by atoms with Gasteiger partial charge in [-0.15, -0.1) is 0 Å². The molecule has 4 rings (SSSR count). The van der Waals surface area contributed by atoms with Gasteiger partial charge in [0, 0.05) is 50.8 Å². The van der Waals surface area contributed by atoms with Crippen molar-refractivity contribution in [3.05, 3.63) is 53.6 Å². The van der Waals surface area contributed by atoms with E-state index < -0.39 is 5.54 Å². The highest BCUT2D eigenvalue weighted by Crippen LogP contribution is 2.36. The van der Waals surface area contributed by atoms with Crippen molar-refractivity contribution < 1.29 is 9.53 Å². The Morgan fingerprint density at radius 3 is 2.52 bits per heavy atom. The Hall–Kier alpha value is -2.18. The van der Waals surface area contributed by atoms with Crippen LogP contribution in [0.3, 0.4) is 0 Å². The summed E-state index contributed by atoms with van der Waals surface area (Å²) in [5.74, 6) is 0.125. The molecule has 27 heavy (non-hydrogen) atoms. The zero-order valence-corrected chi connectivity index (χ0v) is 16.1. The summed E-state index contributed by atoms with van der Waals surface area (Å²) in [6.45, 7) is 6.36. The van der Waals surface area contributed by atoms with Crippen molar-refractivity contribution in [2.45, 2.75) is 50.9 Å². The molecular formula is C21H28N4O2. The molecule has 6 heteroatoms. The van der Waals surface area contributed by atoms with Gasteiger partial charge in [-0.25, -0.2) is 4.98 Å². The molecule has 1 aromatic carbocycles. The maximum Gasteiger partial charge on any atom is 0.241 e. The number of rotatable bonds is 5. The van der Waals surface area contributed by atoms with Crippen molar-refractivity contribution in [1.29, 1.82) is 0 Å². The van der Waals surface area contributed by atoms with Crippen LogP contribution in [-0.2, 0) is 28.8 Å². The van der Waals surface area contributed by atoms with Gasteiger partial charge in [-0.1, -0.05) is 24.3 Å². The fraction of sp³-hybridized carbons (Fsp3) is 0.524. The molecule has 144 valence electrons. The third kappa shape index (κ3) is 3.64. The second-order valence-electron chi connectivity index (χ2n) is 7.90. The van der Waals surface area contributed by atoms with Gasteiger partial charge in [-0.3, -0.25) is 9.69 Å². The number of morpholine rings is 1. The van der Waals surface area contributed by atoms with E-state index in [1.54, 1.807) is 12.5 Å². The van der Waals surface area contributed by atoms with Gasteiger partial charge in [0.25, 0.3) is 0 Å². The summed E-state index contributed by atoms with van der Waals surface area (Å²) in [4.78, 5) is 22.9. The summed E-state index contributed by atoms with van der Waals surface area (Å²) < 4.78 is 5.92. The number of ether oxygens (including phenoxy) is 1. The van der Waals surface area contributed by atoms with Crippen LogP contribution >= 0.6 is 0 Å². The second-order valence-corrected chi connectivity index (χ2v) is 7.90. The molecule has 2 heterocycles. The number of benzene rings is 1. The van der Waals surface area contributed by atoms with Gasteiger partial charge in [0.1, 0.15) is 5.54 Å². The fourth-order valence-corrected chi connectivity index (χ4v) is 4.55. The fourth-order valence-electron chi connectivity index (χ4n) is 4.55. The molecular weight excluding hydrogens is 340 g/mol. The first kappa shape index (κ1) is 18.2. The number of hydrogen-bond donors (Lipinski definition) is 2. The molecule has 6 nitrogen and oxygen atoms in total. The molecule has 1 fully saturated rings. The second kappa shape index (κ2) is 7.44. The van der Waals surface area contributed by atoms with Crippen LogP contribution in [0, 0.1) is 0 Å². The first-order valence-electron chi connectivity index (χ1n) is 9.80. The maximum atomic E-state index is 13.5. The van der Waals surface area contributed by atoms with E-state index in [4.69, 9.17) is 4.74 Å². The molecule has 1 aromatic heterocycles. The normalized spacial score (nSPS) is 24.5. The minimum Gasteiger partial charge on any atom is -0.373 e. The molecule has 0 unspecified atom stereocenters. The van der Waals surface area contributed by atoms with Gasteiger partial charge in [0.15, 0.2) is 0 Å². The highest BCUT2D eigenvalue weighted by Gasteiger charge is 2.49. The van der Waals surface area contributed by atoms with E-state index in [1.165, 1.54) is 11.1 Å². The van der Waals surface area contributed by atoms with E-state index >= 15 is 0 Å². The largest absolute Gasteiger partial charge is 0.373 e. The topological polar surface area (TPSA) is 70.2 Å². The Balaban J connectivity index is 1.54. The smallest absolute Gasteiger partial charge is 0.241 e. The number of carbonyl (C=O) groups is 1. The number of H-pyrrole nitrogens is 1. The zero-order valence-electron chi connectivity index (χ0n) is 16.1. The quantitative estimate of drug-likeness (QED) is 0.843. The van der Waals surface area contributed by atoms with E-state index in [-0.39, 0.29) is 18.1 Å². The number of aromatic nitrogens is 2. The average Bonchev–Trinajstić information content (AvgIpc) is 3.28. The number of nitrogens with zero attached hydrogens (tertiary/aromatic N) is 2. The highest BCUT2D eigenvalue weighted by atomic mass is 16.5. The molecule has 0 saturated carbocycles. The average molecular weight is 368 g/mol. The van der Waals surface area contributed by atoms with E-state index in [1.807, 2.05) is 0 Å². The summed E-state index contributed by atoms with van der Waals surface area (Å²) >= 11 is 0. The number of imidazole rings is 1. The van der Waals surface area contributed by atoms with Crippen molar-refractivity contribution in [3.63, 3.8) is 0 Å². The molecule has 1 saturated heterocycles. The molecule has 0 radical (unpaired) electrons. The van der Waals surface area contributed by atoms with Crippen molar-refractivity contribution >= 4 is 5.91 Å². The highest BCUT2D eigenvalue weighted by molar-refractivity contribution is 5.88. The summed E-state index contributed by atoms with van der Waals surface area (Å²) in [5.41, 5.74) is 3.08. The Bertz CT molecular complexity index is 754. The van der Waals surface area contributed by atoms with Crippen LogP contribution in [0.15, 0.2) is 36.8 Å². The molecule has 2 aromatic rings. The number of hydrogen-bond acceptors (Lipinski definition) is 4. The number of fused-ring (bicyclic) bond motifs is 1. The van der Waals surface area contributed by atoms with Crippen LogP contribution in [0.2, 0.25) is 0 Å². The summed E-state index contributed by atoms with van der Waals surface area (Å²) in [6.07, 6.45) is 6.02. The lowest BCUT2D eigenvalue weighted by molar-refractivity contribution is -0.144.